The number of rotatable bonds is 6. The van der Waals surface area contributed by atoms with Crippen LogP contribution in [0.1, 0.15) is 28.8 Å². The summed E-state index contributed by atoms with van der Waals surface area (Å²) >= 11 is 0. The molecule has 0 aliphatic heterocycles. The van der Waals surface area contributed by atoms with E-state index in [9.17, 15) is 14.4 Å². The Morgan fingerprint density at radius 3 is 2.32 bits per heavy atom. The Balaban J connectivity index is 2.63. The number of primary amides is 1. The molecule has 1 aromatic rings. The minimum atomic E-state index is -0.529. The van der Waals surface area contributed by atoms with Crippen molar-refractivity contribution in [1.29, 1.82) is 0 Å². The lowest BCUT2D eigenvalue weighted by Gasteiger charge is -2.01. The zero-order chi connectivity index (χ0) is 14.3. The molecule has 2 N–H and O–H groups in total. The first kappa shape index (κ1) is 14.6. The third-order valence-electron chi connectivity index (χ3n) is 2.46. The van der Waals surface area contributed by atoms with Crippen molar-refractivity contribution in [2.45, 2.75) is 12.8 Å². The van der Waals surface area contributed by atoms with E-state index in [4.69, 9.17) is 5.73 Å². The van der Waals surface area contributed by atoms with Gasteiger partial charge in [-0.25, -0.2) is 0 Å². The standard InChI is InChI=1S/C14H15NO4/c1-19-14(18)9-7-12(16)11-5-2-10(3-6-11)4-8-13(15)17/h2-6,8H,7,9H2,1H3,(H2,15,17). The third-order valence-corrected chi connectivity index (χ3v) is 2.46. The molecule has 0 atom stereocenters. The summed E-state index contributed by atoms with van der Waals surface area (Å²) in [6.07, 6.45) is 2.99. The van der Waals surface area contributed by atoms with Gasteiger partial charge in [-0.3, -0.25) is 14.4 Å². The van der Waals surface area contributed by atoms with Crippen LogP contribution in [0.15, 0.2) is 30.3 Å². The molecule has 5 heteroatoms. The van der Waals surface area contributed by atoms with E-state index >= 15 is 0 Å². The van der Waals surface area contributed by atoms with Gasteiger partial charge in [0.2, 0.25) is 5.91 Å². The maximum atomic E-state index is 11.7. The molecular weight excluding hydrogens is 246 g/mol. The first-order chi connectivity index (χ1) is 9.02. The first-order valence-corrected chi connectivity index (χ1v) is 5.70. The molecule has 1 amide bonds. The van der Waals surface area contributed by atoms with Crippen molar-refractivity contribution < 1.29 is 19.1 Å². The van der Waals surface area contributed by atoms with E-state index in [1.165, 1.54) is 13.2 Å². The zero-order valence-electron chi connectivity index (χ0n) is 10.6. The van der Waals surface area contributed by atoms with E-state index in [1.807, 2.05) is 0 Å². The van der Waals surface area contributed by atoms with Gasteiger partial charge in [0.25, 0.3) is 0 Å². The van der Waals surface area contributed by atoms with E-state index in [-0.39, 0.29) is 18.6 Å². The molecule has 5 nitrogen and oxygen atoms in total. The highest BCUT2D eigenvalue weighted by atomic mass is 16.5. The highest BCUT2D eigenvalue weighted by Crippen LogP contribution is 2.09. The van der Waals surface area contributed by atoms with Crippen LogP contribution in [0.3, 0.4) is 0 Å². The van der Waals surface area contributed by atoms with E-state index in [0.717, 1.165) is 5.56 Å². The largest absolute Gasteiger partial charge is 0.469 e. The van der Waals surface area contributed by atoms with Gasteiger partial charge in [-0.05, 0) is 11.6 Å². The predicted octanol–water partition coefficient (Wildman–Crippen LogP) is 1.32. The first-order valence-electron chi connectivity index (χ1n) is 5.70. The number of hydrogen-bond acceptors (Lipinski definition) is 4. The van der Waals surface area contributed by atoms with Gasteiger partial charge in [-0.2, -0.15) is 0 Å². The van der Waals surface area contributed by atoms with Crippen molar-refractivity contribution in [2.24, 2.45) is 5.73 Å². The van der Waals surface area contributed by atoms with Crippen molar-refractivity contribution in [1.82, 2.24) is 0 Å². The molecule has 1 aromatic carbocycles. The number of carbonyl (C=O) groups excluding carboxylic acids is 3. The van der Waals surface area contributed by atoms with Gasteiger partial charge in [0.15, 0.2) is 5.78 Å². The summed E-state index contributed by atoms with van der Waals surface area (Å²) in [5.74, 6) is -1.07. The Labute approximate surface area is 111 Å². The summed E-state index contributed by atoms with van der Waals surface area (Å²) in [5.41, 5.74) is 6.26. The van der Waals surface area contributed by atoms with E-state index in [0.29, 0.717) is 5.56 Å². The molecule has 100 valence electrons. The molecule has 0 aromatic heterocycles. The fourth-order valence-corrected chi connectivity index (χ4v) is 1.42. The van der Waals surface area contributed by atoms with Crippen molar-refractivity contribution in [2.75, 3.05) is 7.11 Å². The van der Waals surface area contributed by atoms with Crippen LogP contribution in [0.5, 0.6) is 0 Å². The minimum absolute atomic E-state index is 0.0681. The van der Waals surface area contributed by atoms with Crippen LogP contribution in [-0.4, -0.2) is 24.8 Å². The minimum Gasteiger partial charge on any atom is -0.469 e. The summed E-state index contributed by atoms with van der Waals surface area (Å²) in [7, 11) is 1.28. The highest BCUT2D eigenvalue weighted by Gasteiger charge is 2.08. The maximum absolute atomic E-state index is 11.7. The number of nitrogens with two attached hydrogens (primary N) is 1. The van der Waals surface area contributed by atoms with Crippen molar-refractivity contribution in [3.8, 4) is 0 Å². The molecular formula is C14H15NO4. The lowest BCUT2D eigenvalue weighted by molar-refractivity contribution is -0.140. The van der Waals surface area contributed by atoms with Crippen molar-refractivity contribution in [3.05, 3.63) is 41.5 Å². The molecule has 0 radical (unpaired) electrons. The molecule has 0 bridgehead atoms. The van der Waals surface area contributed by atoms with Gasteiger partial charge < -0.3 is 10.5 Å². The normalized spacial score (nSPS) is 10.4. The summed E-state index contributed by atoms with van der Waals surface area (Å²) in [4.78, 5) is 33.2. The molecule has 0 aliphatic rings. The predicted molar refractivity (Wildman–Crippen MR) is 70.3 cm³/mol. The molecule has 0 aliphatic carbocycles. The number of methoxy groups -OCH3 is 1. The molecule has 0 heterocycles. The fraction of sp³-hybridized carbons (Fsp3) is 0.214. The Bertz CT molecular complexity index is 503. The van der Waals surface area contributed by atoms with Gasteiger partial charge in [-0.1, -0.05) is 24.3 Å². The average molecular weight is 261 g/mol. The fourth-order valence-electron chi connectivity index (χ4n) is 1.42. The quantitative estimate of drug-likeness (QED) is 0.475. The molecule has 0 spiro atoms. The summed E-state index contributed by atoms with van der Waals surface area (Å²) in [6, 6.07) is 6.68. The molecule has 1 rings (SSSR count). The second-order valence-corrected chi connectivity index (χ2v) is 3.86. The van der Waals surface area contributed by atoms with Gasteiger partial charge >= 0.3 is 5.97 Å². The Morgan fingerprint density at radius 1 is 1.16 bits per heavy atom. The molecule has 0 saturated carbocycles. The summed E-state index contributed by atoms with van der Waals surface area (Å²) < 4.78 is 4.47. The lowest BCUT2D eigenvalue weighted by atomic mass is 10.0. The number of ether oxygens (including phenoxy) is 1. The SMILES string of the molecule is COC(=O)CCC(=O)c1ccc(C=CC(N)=O)cc1. The zero-order valence-corrected chi connectivity index (χ0v) is 10.6. The van der Waals surface area contributed by atoms with Gasteiger partial charge in [0.05, 0.1) is 13.5 Å². The summed E-state index contributed by atoms with van der Waals surface area (Å²) in [6.45, 7) is 0. The number of Topliss-reactive ketones (excluding diaryl/α,β-unsaturated/α-hetero) is 1. The van der Waals surface area contributed by atoms with Crippen LogP contribution < -0.4 is 5.73 Å². The van der Waals surface area contributed by atoms with Crippen LogP contribution in [0, 0.1) is 0 Å². The molecule has 19 heavy (non-hydrogen) atoms. The molecule has 0 unspecified atom stereocenters. The molecule has 0 fully saturated rings. The van der Waals surface area contributed by atoms with Crippen molar-refractivity contribution >= 4 is 23.7 Å². The number of esters is 1. The molecule has 0 saturated heterocycles. The maximum Gasteiger partial charge on any atom is 0.305 e. The van der Waals surface area contributed by atoms with Crippen LogP contribution in [0.4, 0.5) is 0 Å². The van der Waals surface area contributed by atoms with E-state index in [1.54, 1.807) is 30.3 Å². The highest BCUT2D eigenvalue weighted by molar-refractivity contribution is 5.97. The van der Waals surface area contributed by atoms with E-state index < -0.39 is 11.9 Å². The number of ketones is 1. The lowest BCUT2D eigenvalue weighted by Crippen LogP contribution is -2.06. The Morgan fingerprint density at radius 2 is 1.79 bits per heavy atom. The smallest absolute Gasteiger partial charge is 0.305 e. The number of hydrogen-bond donors (Lipinski definition) is 1. The summed E-state index contributed by atoms with van der Waals surface area (Å²) in [5, 5.41) is 0. The van der Waals surface area contributed by atoms with Gasteiger partial charge in [0, 0.05) is 18.1 Å². The van der Waals surface area contributed by atoms with Gasteiger partial charge in [0.1, 0.15) is 0 Å². The van der Waals surface area contributed by atoms with Gasteiger partial charge in [-0.15, -0.1) is 0 Å². The van der Waals surface area contributed by atoms with Crippen LogP contribution in [0.2, 0.25) is 0 Å². The van der Waals surface area contributed by atoms with Crippen molar-refractivity contribution in [3.63, 3.8) is 0 Å². The van der Waals surface area contributed by atoms with Crippen LogP contribution in [-0.2, 0) is 14.3 Å². The monoisotopic (exact) mass is 261 g/mol. The topological polar surface area (TPSA) is 86.5 Å². The number of amides is 1. The second kappa shape index (κ2) is 7.10. The Kier molecular flexibility index (Phi) is 5.47. The third kappa shape index (κ3) is 5.16. The number of benzene rings is 1. The average Bonchev–Trinajstić information content (AvgIpc) is 2.42. The second-order valence-electron chi connectivity index (χ2n) is 3.86. The Hall–Kier alpha value is -2.43. The van der Waals surface area contributed by atoms with Crippen LogP contribution in [0.25, 0.3) is 6.08 Å². The number of carbonyl (C=O) groups is 3. The van der Waals surface area contributed by atoms with Crippen LogP contribution >= 0.6 is 0 Å². The van der Waals surface area contributed by atoms with E-state index in [2.05, 4.69) is 4.74 Å².